The number of anilines is 2. The zero-order valence-electron chi connectivity index (χ0n) is 11.4. The molecule has 0 fully saturated rings. The number of rotatable bonds is 3. The van der Waals surface area contributed by atoms with Gasteiger partial charge < -0.3 is 4.74 Å². The van der Waals surface area contributed by atoms with Crippen molar-refractivity contribution in [3.05, 3.63) is 24.3 Å². The van der Waals surface area contributed by atoms with Crippen LogP contribution in [-0.4, -0.2) is 26.4 Å². The molecule has 2 N–H and O–H groups in total. The number of ether oxygens (including phenoxy) is 1. The van der Waals surface area contributed by atoms with Crippen molar-refractivity contribution in [1.82, 2.24) is 0 Å². The van der Waals surface area contributed by atoms with Crippen molar-refractivity contribution in [2.24, 2.45) is 0 Å². The maximum atomic E-state index is 11.5. The fourth-order valence-corrected chi connectivity index (χ4v) is 1.82. The van der Waals surface area contributed by atoms with Crippen molar-refractivity contribution in [3.8, 4) is 0 Å². The SMILES string of the molecule is CC(C)(C)OC(=O)Nc1ccc(NS(C)(=O)=O)cc1. The van der Waals surface area contributed by atoms with E-state index in [2.05, 4.69) is 10.0 Å². The minimum Gasteiger partial charge on any atom is -0.444 e. The average molecular weight is 286 g/mol. The van der Waals surface area contributed by atoms with E-state index < -0.39 is 21.7 Å². The predicted octanol–water partition coefficient (Wildman–Crippen LogP) is 2.41. The fourth-order valence-electron chi connectivity index (χ4n) is 1.26. The van der Waals surface area contributed by atoms with Gasteiger partial charge in [-0.3, -0.25) is 10.0 Å². The van der Waals surface area contributed by atoms with Gasteiger partial charge in [-0.15, -0.1) is 0 Å². The van der Waals surface area contributed by atoms with Crippen LogP contribution in [-0.2, 0) is 14.8 Å². The Labute approximate surface area is 113 Å². The predicted molar refractivity (Wildman–Crippen MR) is 74.8 cm³/mol. The van der Waals surface area contributed by atoms with Crippen LogP contribution in [0.1, 0.15) is 20.8 Å². The average Bonchev–Trinajstić information content (AvgIpc) is 2.15. The molecule has 0 saturated carbocycles. The molecule has 0 saturated heterocycles. The summed E-state index contributed by atoms with van der Waals surface area (Å²) in [5.41, 5.74) is 0.382. The number of amides is 1. The maximum Gasteiger partial charge on any atom is 0.412 e. The summed E-state index contributed by atoms with van der Waals surface area (Å²) in [7, 11) is -3.30. The normalized spacial score (nSPS) is 11.8. The second kappa shape index (κ2) is 5.48. The number of nitrogens with one attached hydrogen (secondary N) is 2. The Morgan fingerprint density at radius 1 is 1.11 bits per heavy atom. The molecule has 0 spiro atoms. The van der Waals surface area contributed by atoms with Gasteiger partial charge in [-0.05, 0) is 45.0 Å². The van der Waals surface area contributed by atoms with Crippen molar-refractivity contribution in [2.45, 2.75) is 26.4 Å². The lowest BCUT2D eigenvalue weighted by Crippen LogP contribution is -2.27. The quantitative estimate of drug-likeness (QED) is 0.893. The van der Waals surface area contributed by atoms with Crippen LogP contribution in [0.5, 0.6) is 0 Å². The number of sulfonamides is 1. The van der Waals surface area contributed by atoms with Crippen LogP contribution < -0.4 is 10.0 Å². The molecule has 0 atom stereocenters. The molecule has 1 aromatic rings. The molecular formula is C12H18N2O4S. The highest BCUT2D eigenvalue weighted by molar-refractivity contribution is 7.92. The molecule has 19 heavy (non-hydrogen) atoms. The van der Waals surface area contributed by atoms with E-state index in [9.17, 15) is 13.2 Å². The minimum atomic E-state index is -3.30. The molecule has 0 aliphatic carbocycles. The van der Waals surface area contributed by atoms with Crippen molar-refractivity contribution >= 4 is 27.5 Å². The van der Waals surface area contributed by atoms with E-state index in [1.165, 1.54) is 0 Å². The molecule has 0 unspecified atom stereocenters. The van der Waals surface area contributed by atoms with Gasteiger partial charge in [0.05, 0.1) is 6.26 Å². The summed E-state index contributed by atoms with van der Waals surface area (Å²) in [6, 6.07) is 6.26. The number of hydrogen-bond acceptors (Lipinski definition) is 4. The van der Waals surface area contributed by atoms with Gasteiger partial charge in [-0.2, -0.15) is 0 Å². The van der Waals surface area contributed by atoms with Crippen LogP contribution in [0.15, 0.2) is 24.3 Å². The molecule has 0 radical (unpaired) electrons. The van der Waals surface area contributed by atoms with Crippen LogP contribution in [0.25, 0.3) is 0 Å². The van der Waals surface area contributed by atoms with Gasteiger partial charge in [-0.25, -0.2) is 13.2 Å². The minimum absolute atomic E-state index is 0.428. The van der Waals surface area contributed by atoms with Crippen LogP contribution in [0.2, 0.25) is 0 Å². The van der Waals surface area contributed by atoms with Crippen LogP contribution in [0, 0.1) is 0 Å². The highest BCUT2D eigenvalue weighted by atomic mass is 32.2. The van der Waals surface area contributed by atoms with E-state index in [1.54, 1.807) is 45.0 Å². The number of benzene rings is 1. The molecule has 0 aliphatic rings. The Morgan fingerprint density at radius 3 is 2.00 bits per heavy atom. The third-order valence-corrected chi connectivity index (χ3v) is 2.44. The third kappa shape index (κ3) is 6.66. The molecule has 1 rings (SSSR count). The summed E-state index contributed by atoms with van der Waals surface area (Å²) in [6.07, 6.45) is 0.510. The lowest BCUT2D eigenvalue weighted by atomic mass is 10.2. The Bertz CT molecular complexity index is 544. The molecule has 6 nitrogen and oxygen atoms in total. The highest BCUT2D eigenvalue weighted by Crippen LogP contribution is 2.16. The second-order valence-corrected chi connectivity index (χ2v) is 6.83. The van der Waals surface area contributed by atoms with Crippen molar-refractivity contribution < 1.29 is 17.9 Å². The van der Waals surface area contributed by atoms with Gasteiger partial charge in [0.2, 0.25) is 10.0 Å². The Morgan fingerprint density at radius 2 is 1.58 bits per heavy atom. The van der Waals surface area contributed by atoms with Gasteiger partial charge in [0.15, 0.2) is 0 Å². The molecule has 1 amide bonds. The van der Waals surface area contributed by atoms with Crippen molar-refractivity contribution in [2.75, 3.05) is 16.3 Å². The molecule has 106 valence electrons. The molecule has 0 aromatic heterocycles. The summed E-state index contributed by atoms with van der Waals surface area (Å²) >= 11 is 0. The summed E-state index contributed by atoms with van der Waals surface area (Å²) in [5, 5.41) is 2.55. The molecule has 1 aromatic carbocycles. The van der Waals surface area contributed by atoms with E-state index in [0.717, 1.165) is 6.26 Å². The lowest BCUT2D eigenvalue weighted by Gasteiger charge is -2.19. The molecular weight excluding hydrogens is 268 g/mol. The Balaban J connectivity index is 2.65. The van der Waals surface area contributed by atoms with Gasteiger partial charge in [0.1, 0.15) is 5.60 Å². The smallest absolute Gasteiger partial charge is 0.412 e. The monoisotopic (exact) mass is 286 g/mol. The molecule has 7 heteroatoms. The standard InChI is InChI=1S/C12H18N2O4S/c1-12(2,3)18-11(15)13-9-5-7-10(8-6-9)14-19(4,16)17/h5-8,14H,1-4H3,(H,13,15). The van der Waals surface area contributed by atoms with Crippen LogP contribution in [0.3, 0.4) is 0 Å². The van der Waals surface area contributed by atoms with Gasteiger partial charge >= 0.3 is 6.09 Å². The number of carbonyl (C=O) groups is 1. The highest BCUT2D eigenvalue weighted by Gasteiger charge is 2.16. The van der Waals surface area contributed by atoms with Crippen LogP contribution >= 0.6 is 0 Å². The van der Waals surface area contributed by atoms with E-state index in [0.29, 0.717) is 11.4 Å². The van der Waals surface area contributed by atoms with Crippen molar-refractivity contribution in [3.63, 3.8) is 0 Å². The fraction of sp³-hybridized carbons (Fsp3) is 0.417. The summed E-state index contributed by atoms with van der Waals surface area (Å²) in [5.74, 6) is 0. The summed E-state index contributed by atoms with van der Waals surface area (Å²) in [6.45, 7) is 5.31. The third-order valence-electron chi connectivity index (χ3n) is 1.83. The van der Waals surface area contributed by atoms with Crippen molar-refractivity contribution in [1.29, 1.82) is 0 Å². The number of hydrogen-bond donors (Lipinski definition) is 2. The first-order chi connectivity index (χ1) is 8.55. The Hall–Kier alpha value is -1.76. The van der Waals surface area contributed by atoms with Gasteiger partial charge in [-0.1, -0.05) is 0 Å². The first kappa shape index (κ1) is 15.3. The van der Waals surface area contributed by atoms with E-state index >= 15 is 0 Å². The summed E-state index contributed by atoms with van der Waals surface area (Å²) in [4.78, 5) is 11.5. The van der Waals surface area contributed by atoms with Gasteiger partial charge in [0.25, 0.3) is 0 Å². The summed E-state index contributed by atoms with van der Waals surface area (Å²) < 4.78 is 29.5. The van der Waals surface area contributed by atoms with E-state index in [-0.39, 0.29) is 0 Å². The molecule has 0 heterocycles. The largest absolute Gasteiger partial charge is 0.444 e. The van der Waals surface area contributed by atoms with E-state index in [1.807, 2.05) is 0 Å². The maximum absolute atomic E-state index is 11.5. The molecule has 0 aliphatic heterocycles. The van der Waals surface area contributed by atoms with Crippen LogP contribution in [0.4, 0.5) is 16.2 Å². The Kier molecular flexibility index (Phi) is 4.41. The topological polar surface area (TPSA) is 84.5 Å². The van der Waals surface area contributed by atoms with E-state index in [4.69, 9.17) is 4.74 Å². The molecule has 0 bridgehead atoms. The second-order valence-electron chi connectivity index (χ2n) is 5.08. The number of carbonyl (C=O) groups excluding carboxylic acids is 1. The first-order valence-electron chi connectivity index (χ1n) is 5.63. The van der Waals surface area contributed by atoms with Gasteiger partial charge in [0, 0.05) is 11.4 Å². The lowest BCUT2D eigenvalue weighted by molar-refractivity contribution is 0.0636. The zero-order valence-corrected chi connectivity index (χ0v) is 12.2. The zero-order chi connectivity index (χ0) is 14.7. The first-order valence-corrected chi connectivity index (χ1v) is 7.52.